The fraction of sp³-hybridized carbons (Fsp3) is 0.0455. The molecule has 28 heavy (non-hydrogen) atoms. The minimum Gasteiger partial charge on any atom is -0.459 e. The third-order valence-corrected chi connectivity index (χ3v) is 4.14. The van der Waals surface area contributed by atoms with E-state index in [1.54, 1.807) is 36.4 Å². The second kappa shape index (κ2) is 7.84. The maximum Gasteiger partial charge on any atom is 0.291 e. The zero-order valence-electron chi connectivity index (χ0n) is 14.8. The summed E-state index contributed by atoms with van der Waals surface area (Å²) in [4.78, 5) is 12.0. The van der Waals surface area contributed by atoms with Gasteiger partial charge in [-0.2, -0.15) is 0 Å². The van der Waals surface area contributed by atoms with Crippen molar-refractivity contribution in [2.24, 2.45) is 0 Å². The molecule has 0 aliphatic heterocycles. The molecular weight excluding hydrogens is 359 g/mol. The third kappa shape index (κ3) is 4.12. The second-order valence-corrected chi connectivity index (χ2v) is 6.14. The van der Waals surface area contributed by atoms with Crippen LogP contribution >= 0.6 is 0 Å². The molecule has 0 aliphatic rings. The molecule has 0 saturated carbocycles. The van der Waals surface area contributed by atoms with Gasteiger partial charge >= 0.3 is 0 Å². The monoisotopic (exact) mass is 376 g/mol. The standard InChI is InChI=1S/C22H17FN2O3/c23-16-5-3-15(4-6-16)20-12-11-19(28-20)14-24-17-7-9-18(10-8-17)25-22(26)21-2-1-13-27-21/h1-13,24H,14H2,(H,25,26). The first-order chi connectivity index (χ1) is 13.7. The minimum absolute atomic E-state index is 0.261. The number of anilines is 2. The first kappa shape index (κ1) is 17.6. The molecule has 0 bridgehead atoms. The maximum absolute atomic E-state index is 13.0. The van der Waals surface area contributed by atoms with Gasteiger partial charge in [0, 0.05) is 16.9 Å². The quantitative estimate of drug-likeness (QED) is 0.463. The maximum atomic E-state index is 13.0. The normalized spacial score (nSPS) is 10.6. The molecule has 0 spiro atoms. The predicted octanol–water partition coefficient (Wildman–Crippen LogP) is 5.54. The van der Waals surface area contributed by atoms with Crippen molar-refractivity contribution in [3.8, 4) is 11.3 Å². The highest BCUT2D eigenvalue weighted by molar-refractivity contribution is 6.02. The Morgan fingerprint density at radius 1 is 0.893 bits per heavy atom. The lowest BCUT2D eigenvalue weighted by Crippen LogP contribution is -2.10. The predicted molar refractivity (Wildman–Crippen MR) is 105 cm³/mol. The van der Waals surface area contributed by atoms with E-state index in [4.69, 9.17) is 8.83 Å². The van der Waals surface area contributed by atoms with E-state index in [-0.39, 0.29) is 17.5 Å². The van der Waals surface area contributed by atoms with E-state index in [9.17, 15) is 9.18 Å². The van der Waals surface area contributed by atoms with Crippen LogP contribution in [0.1, 0.15) is 16.3 Å². The lowest BCUT2D eigenvalue weighted by atomic mass is 10.2. The van der Waals surface area contributed by atoms with Crippen LogP contribution in [0.3, 0.4) is 0 Å². The van der Waals surface area contributed by atoms with Gasteiger partial charge in [0.2, 0.25) is 0 Å². The largest absolute Gasteiger partial charge is 0.459 e. The van der Waals surface area contributed by atoms with Crippen molar-refractivity contribution >= 4 is 17.3 Å². The Balaban J connectivity index is 1.34. The van der Waals surface area contributed by atoms with Crippen LogP contribution in [0.15, 0.2) is 87.9 Å². The second-order valence-electron chi connectivity index (χ2n) is 6.14. The highest BCUT2D eigenvalue weighted by atomic mass is 19.1. The van der Waals surface area contributed by atoms with Gasteiger partial charge in [-0.15, -0.1) is 0 Å². The van der Waals surface area contributed by atoms with E-state index in [1.807, 2.05) is 24.3 Å². The summed E-state index contributed by atoms with van der Waals surface area (Å²) in [5.41, 5.74) is 2.38. The Labute approximate surface area is 160 Å². The van der Waals surface area contributed by atoms with Gasteiger partial charge in [-0.1, -0.05) is 0 Å². The smallest absolute Gasteiger partial charge is 0.291 e. The molecule has 4 aromatic rings. The van der Waals surface area contributed by atoms with Crippen molar-refractivity contribution < 1.29 is 18.0 Å². The van der Waals surface area contributed by atoms with Gasteiger partial charge in [0.05, 0.1) is 12.8 Å². The van der Waals surface area contributed by atoms with Gasteiger partial charge in [-0.25, -0.2) is 4.39 Å². The molecule has 2 aromatic carbocycles. The van der Waals surface area contributed by atoms with Crippen LogP contribution in [0, 0.1) is 5.82 Å². The Morgan fingerprint density at radius 2 is 1.64 bits per heavy atom. The summed E-state index contributed by atoms with van der Waals surface area (Å²) in [6, 6.07) is 20.5. The van der Waals surface area contributed by atoms with Gasteiger partial charge in [-0.3, -0.25) is 4.79 Å². The molecule has 6 heteroatoms. The molecule has 0 atom stereocenters. The van der Waals surface area contributed by atoms with Crippen LogP contribution in [0.25, 0.3) is 11.3 Å². The van der Waals surface area contributed by atoms with Crippen molar-refractivity contribution in [1.82, 2.24) is 0 Å². The van der Waals surface area contributed by atoms with E-state index in [2.05, 4.69) is 10.6 Å². The van der Waals surface area contributed by atoms with Crippen LogP contribution in [-0.4, -0.2) is 5.91 Å². The number of hydrogen-bond donors (Lipinski definition) is 2. The summed E-state index contributed by atoms with van der Waals surface area (Å²) in [5.74, 6) is 1.13. The molecule has 2 heterocycles. The summed E-state index contributed by atoms with van der Waals surface area (Å²) >= 11 is 0. The van der Waals surface area contributed by atoms with Crippen LogP contribution in [0.5, 0.6) is 0 Å². The molecule has 1 amide bonds. The van der Waals surface area contributed by atoms with Crippen molar-refractivity contribution in [3.63, 3.8) is 0 Å². The number of hydrogen-bond acceptors (Lipinski definition) is 4. The van der Waals surface area contributed by atoms with Crippen molar-refractivity contribution in [1.29, 1.82) is 0 Å². The zero-order valence-corrected chi connectivity index (χ0v) is 14.8. The number of benzene rings is 2. The van der Waals surface area contributed by atoms with Crippen molar-refractivity contribution in [2.45, 2.75) is 6.54 Å². The molecule has 4 rings (SSSR count). The summed E-state index contributed by atoms with van der Waals surface area (Å²) in [5, 5.41) is 6.02. The summed E-state index contributed by atoms with van der Waals surface area (Å²) in [6.45, 7) is 0.499. The lowest BCUT2D eigenvalue weighted by molar-refractivity contribution is 0.0996. The summed E-state index contributed by atoms with van der Waals surface area (Å²) in [6.07, 6.45) is 1.46. The molecule has 0 fully saturated rings. The van der Waals surface area contributed by atoms with E-state index < -0.39 is 0 Å². The lowest BCUT2D eigenvalue weighted by Gasteiger charge is -2.07. The number of furan rings is 2. The molecule has 0 radical (unpaired) electrons. The SMILES string of the molecule is O=C(Nc1ccc(NCc2ccc(-c3ccc(F)cc3)o2)cc1)c1ccco1. The topological polar surface area (TPSA) is 67.4 Å². The average molecular weight is 376 g/mol. The molecule has 0 aliphatic carbocycles. The summed E-state index contributed by atoms with van der Waals surface area (Å²) in [7, 11) is 0. The van der Waals surface area contributed by atoms with Gasteiger partial charge < -0.3 is 19.5 Å². The highest BCUT2D eigenvalue weighted by Crippen LogP contribution is 2.23. The first-order valence-corrected chi connectivity index (χ1v) is 8.71. The Kier molecular flexibility index (Phi) is 4.93. The van der Waals surface area contributed by atoms with E-state index in [0.717, 1.165) is 17.0 Å². The molecule has 2 N–H and O–H groups in total. The number of rotatable bonds is 6. The number of carbonyl (C=O) groups excluding carboxylic acids is 1. The van der Waals surface area contributed by atoms with Gasteiger partial charge in [0.15, 0.2) is 5.76 Å². The van der Waals surface area contributed by atoms with Crippen LogP contribution in [0.2, 0.25) is 0 Å². The molecule has 2 aromatic heterocycles. The zero-order chi connectivity index (χ0) is 19.3. The fourth-order valence-electron chi connectivity index (χ4n) is 2.70. The molecule has 140 valence electrons. The summed E-state index contributed by atoms with van der Waals surface area (Å²) < 4.78 is 23.9. The highest BCUT2D eigenvalue weighted by Gasteiger charge is 2.09. The number of nitrogens with one attached hydrogen (secondary N) is 2. The van der Waals surface area contributed by atoms with Crippen LogP contribution < -0.4 is 10.6 Å². The number of carbonyl (C=O) groups is 1. The Morgan fingerprint density at radius 3 is 2.36 bits per heavy atom. The number of halogens is 1. The van der Waals surface area contributed by atoms with E-state index in [1.165, 1.54) is 18.4 Å². The van der Waals surface area contributed by atoms with Gasteiger partial charge in [0.1, 0.15) is 17.3 Å². The van der Waals surface area contributed by atoms with E-state index in [0.29, 0.717) is 18.0 Å². The van der Waals surface area contributed by atoms with Crippen LogP contribution in [0.4, 0.5) is 15.8 Å². The molecule has 0 unspecified atom stereocenters. The first-order valence-electron chi connectivity index (χ1n) is 8.71. The van der Waals surface area contributed by atoms with Crippen LogP contribution in [-0.2, 0) is 6.54 Å². The van der Waals surface area contributed by atoms with Crippen molar-refractivity contribution in [3.05, 3.63) is 96.4 Å². The molecular formula is C22H17FN2O3. The van der Waals surface area contributed by atoms with Crippen molar-refractivity contribution in [2.75, 3.05) is 10.6 Å². The fourth-order valence-corrected chi connectivity index (χ4v) is 2.70. The van der Waals surface area contributed by atoms with E-state index >= 15 is 0 Å². The average Bonchev–Trinajstić information content (AvgIpc) is 3.40. The Hall–Kier alpha value is -3.80. The van der Waals surface area contributed by atoms with Gasteiger partial charge in [-0.05, 0) is 72.8 Å². The minimum atomic E-state index is -0.297. The third-order valence-electron chi connectivity index (χ3n) is 4.14. The molecule has 0 saturated heterocycles. The van der Waals surface area contributed by atoms with Gasteiger partial charge in [0.25, 0.3) is 5.91 Å². The molecule has 5 nitrogen and oxygen atoms in total. The number of amides is 1. The Bertz CT molecular complexity index is 1050.